The molecule has 1 rings (SSSR count). The fourth-order valence-corrected chi connectivity index (χ4v) is 3.49. The molecule has 2 unspecified atom stereocenters. The van der Waals surface area contributed by atoms with Crippen molar-refractivity contribution >= 4 is 15.8 Å². The smallest absolute Gasteiger partial charge is 0.338 e. The molecular formula is C8H13FO4S. The predicted molar refractivity (Wildman–Crippen MR) is 48.5 cm³/mol. The Balaban J connectivity index is 2.50. The highest BCUT2D eigenvalue weighted by molar-refractivity contribution is 7.91. The average Bonchev–Trinajstić information content (AvgIpc) is 2.01. The van der Waals surface area contributed by atoms with E-state index in [1.54, 1.807) is 0 Å². The molecule has 82 valence electrons. The van der Waals surface area contributed by atoms with Gasteiger partial charge < -0.3 is 5.11 Å². The third-order valence-electron chi connectivity index (χ3n) is 2.37. The number of hydrogen-bond acceptors (Lipinski definition) is 3. The van der Waals surface area contributed by atoms with Crippen molar-refractivity contribution < 1.29 is 22.7 Å². The molecular weight excluding hydrogens is 211 g/mol. The van der Waals surface area contributed by atoms with Gasteiger partial charge in [0.2, 0.25) is 0 Å². The highest BCUT2D eigenvalue weighted by Gasteiger charge is 2.29. The second-order valence-corrected chi connectivity index (χ2v) is 5.89. The van der Waals surface area contributed by atoms with Gasteiger partial charge in [-0.3, -0.25) is 0 Å². The highest BCUT2D eigenvalue weighted by Crippen LogP contribution is 2.23. The first-order chi connectivity index (χ1) is 6.41. The van der Waals surface area contributed by atoms with E-state index in [2.05, 4.69) is 0 Å². The summed E-state index contributed by atoms with van der Waals surface area (Å²) in [6.07, 6.45) is -1.01. The summed E-state index contributed by atoms with van der Waals surface area (Å²) < 4.78 is 35.1. The number of carboxylic acids is 1. The molecule has 0 aromatic heterocycles. The number of hydrogen-bond donors (Lipinski definition) is 1. The lowest BCUT2D eigenvalue weighted by atomic mass is 9.99. The Kier molecular flexibility index (Phi) is 3.47. The third-order valence-corrected chi connectivity index (χ3v) is 4.26. The Bertz CT molecular complexity index is 311. The molecule has 0 saturated carbocycles. The number of aliphatic carboxylic acids is 1. The molecule has 0 aromatic carbocycles. The van der Waals surface area contributed by atoms with Crippen molar-refractivity contribution in [2.45, 2.75) is 25.4 Å². The Hall–Kier alpha value is -0.650. The molecule has 0 spiro atoms. The zero-order valence-electron chi connectivity index (χ0n) is 7.65. The number of alkyl halides is 1. The van der Waals surface area contributed by atoms with E-state index < -0.39 is 22.0 Å². The van der Waals surface area contributed by atoms with Crippen LogP contribution in [0.25, 0.3) is 0 Å². The lowest BCUT2D eigenvalue weighted by Gasteiger charge is -2.21. The maximum atomic E-state index is 12.8. The molecule has 14 heavy (non-hydrogen) atoms. The Labute approximate surface area is 82.0 Å². The van der Waals surface area contributed by atoms with Gasteiger partial charge in [0.25, 0.3) is 0 Å². The summed E-state index contributed by atoms with van der Waals surface area (Å²) in [5, 5.41) is 8.32. The minimum atomic E-state index is -3.06. The van der Waals surface area contributed by atoms with Gasteiger partial charge in [-0.05, 0) is 25.2 Å². The SMILES string of the molecule is O=C(O)C(F)CC1CCCS(=O)(=O)C1. The highest BCUT2D eigenvalue weighted by atomic mass is 32.2. The summed E-state index contributed by atoms with van der Waals surface area (Å²) in [7, 11) is -3.06. The van der Waals surface area contributed by atoms with Crippen LogP contribution in [0.4, 0.5) is 4.39 Å². The first-order valence-corrected chi connectivity index (χ1v) is 6.30. The normalized spacial score (nSPS) is 28.2. The van der Waals surface area contributed by atoms with Crippen LogP contribution in [0.1, 0.15) is 19.3 Å². The molecule has 1 N–H and O–H groups in total. The standard InChI is InChI=1S/C8H13FO4S/c9-7(8(10)11)4-6-2-1-3-14(12,13)5-6/h6-7H,1-5H2,(H,10,11). The van der Waals surface area contributed by atoms with Crippen LogP contribution in [0, 0.1) is 5.92 Å². The maximum Gasteiger partial charge on any atom is 0.338 e. The first-order valence-electron chi connectivity index (χ1n) is 4.48. The Morgan fingerprint density at radius 3 is 2.71 bits per heavy atom. The molecule has 0 aromatic rings. The molecule has 6 heteroatoms. The molecule has 1 saturated heterocycles. The fourth-order valence-electron chi connectivity index (χ4n) is 1.70. The van der Waals surface area contributed by atoms with Gasteiger partial charge in [-0.15, -0.1) is 0 Å². The maximum absolute atomic E-state index is 12.8. The number of carboxylic acid groups (broad SMARTS) is 1. The summed E-state index contributed by atoms with van der Waals surface area (Å²) in [6.45, 7) is 0. The van der Waals surface area contributed by atoms with Gasteiger partial charge in [0.1, 0.15) is 0 Å². The van der Waals surface area contributed by atoms with Gasteiger partial charge in [0.15, 0.2) is 16.0 Å². The van der Waals surface area contributed by atoms with Gasteiger partial charge in [-0.1, -0.05) is 0 Å². The van der Waals surface area contributed by atoms with Crippen LogP contribution in [0.2, 0.25) is 0 Å². The van der Waals surface area contributed by atoms with Crippen LogP contribution in [0.15, 0.2) is 0 Å². The second-order valence-electron chi connectivity index (χ2n) is 3.66. The molecule has 2 atom stereocenters. The molecule has 1 aliphatic heterocycles. The zero-order chi connectivity index (χ0) is 10.8. The van der Waals surface area contributed by atoms with E-state index in [0.29, 0.717) is 12.8 Å². The molecule has 0 amide bonds. The van der Waals surface area contributed by atoms with Crippen LogP contribution in [0.5, 0.6) is 0 Å². The van der Waals surface area contributed by atoms with Gasteiger partial charge in [0, 0.05) is 0 Å². The molecule has 0 radical (unpaired) electrons. The van der Waals surface area contributed by atoms with E-state index in [4.69, 9.17) is 5.11 Å². The van der Waals surface area contributed by atoms with Crippen LogP contribution in [-0.4, -0.2) is 37.2 Å². The van der Waals surface area contributed by atoms with Crippen molar-refractivity contribution in [3.63, 3.8) is 0 Å². The van der Waals surface area contributed by atoms with Gasteiger partial charge in [0.05, 0.1) is 11.5 Å². The average molecular weight is 224 g/mol. The summed E-state index contributed by atoms with van der Waals surface area (Å²) in [4.78, 5) is 10.2. The van der Waals surface area contributed by atoms with Gasteiger partial charge >= 0.3 is 5.97 Å². The van der Waals surface area contributed by atoms with E-state index in [1.807, 2.05) is 0 Å². The van der Waals surface area contributed by atoms with E-state index in [9.17, 15) is 17.6 Å². The van der Waals surface area contributed by atoms with E-state index in [-0.39, 0.29) is 23.8 Å². The second kappa shape index (κ2) is 4.25. The Morgan fingerprint density at radius 2 is 2.21 bits per heavy atom. The molecule has 4 nitrogen and oxygen atoms in total. The van der Waals surface area contributed by atoms with Crippen molar-refractivity contribution in [3.8, 4) is 0 Å². The zero-order valence-corrected chi connectivity index (χ0v) is 8.46. The van der Waals surface area contributed by atoms with Crippen LogP contribution >= 0.6 is 0 Å². The van der Waals surface area contributed by atoms with E-state index in [0.717, 1.165) is 0 Å². The van der Waals surface area contributed by atoms with E-state index >= 15 is 0 Å². The van der Waals surface area contributed by atoms with Crippen LogP contribution < -0.4 is 0 Å². The molecule has 1 aliphatic rings. The third kappa shape index (κ3) is 3.25. The van der Waals surface area contributed by atoms with Crippen molar-refractivity contribution in [2.24, 2.45) is 5.92 Å². The summed E-state index contributed by atoms with van der Waals surface area (Å²) >= 11 is 0. The molecule has 0 bridgehead atoms. The summed E-state index contributed by atoms with van der Waals surface area (Å²) in [6, 6.07) is 0. The minimum absolute atomic E-state index is 0.0688. The number of halogens is 1. The minimum Gasteiger partial charge on any atom is -0.479 e. The molecule has 1 heterocycles. The lowest BCUT2D eigenvalue weighted by Crippen LogP contribution is -2.29. The quantitative estimate of drug-likeness (QED) is 0.763. The van der Waals surface area contributed by atoms with Crippen molar-refractivity contribution in [2.75, 3.05) is 11.5 Å². The number of rotatable bonds is 3. The van der Waals surface area contributed by atoms with Crippen LogP contribution in [0.3, 0.4) is 0 Å². The van der Waals surface area contributed by atoms with Crippen molar-refractivity contribution in [1.29, 1.82) is 0 Å². The van der Waals surface area contributed by atoms with Crippen LogP contribution in [-0.2, 0) is 14.6 Å². The Morgan fingerprint density at radius 1 is 1.57 bits per heavy atom. The number of sulfone groups is 1. The van der Waals surface area contributed by atoms with Crippen molar-refractivity contribution in [3.05, 3.63) is 0 Å². The molecule has 1 fully saturated rings. The molecule has 0 aliphatic carbocycles. The largest absolute Gasteiger partial charge is 0.479 e. The lowest BCUT2D eigenvalue weighted by molar-refractivity contribution is -0.143. The van der Waals surface area contributed by atoms with E-state index in [1.165, 1.54) is 0 Å². The van der Waals surface area contributed by atoms with Gasteiger partial charge in [-0.2, -0.15) is 0 Å². The van der Waals surface area contributed by atoms with Crippen molar-refractivity contribution in [1.82, 2.24) is 0 Å². The fraction of sp³-hybridized carbons (Fsp3) is 0.875. The summed E-state index contributed by atoms with van der Waals surface area (Å²) in [5.74, 6) is -1.76. The first kappa shape index (κ1) is 11.4. The topological polar surface area (TPSA) is 71.4 Å². The van der Waals surface area contributed by atoms with Gasteiger partial charge in [-0.25, -0.2) is 17.6 Å². The summed E-state index contributed by atoms with van der Waals surface area (Å²) in [5.41, 5.74) is 0. The number of carbonyl (C=O) groups is 1. The monoisotopic (exact) mass is 224 g/mol. The predicted octanol–water partition coefficient (Wildman–Crippen LogP) is 0.624.